The van der Waals surface area contributed by atoms with Crippen LogP contribution in [0.15, 0.2) is 24.3 Å². The van der Waals surface area contributed by atoms with Crippen molar-refractivity contribution in [2.24, 2.45) is 23.2 Å². The predicted octanol–water partition coefficient (Wildman–Crippen LogP) is 2.64. The molecular formula is C17H22O4. The fourth-order valence-corrected chi connectivity index (χ4v) is 4.43. The second-order valence-electron chi connectivity index (χ2n) is 6.86. The molecule has 0 spiro atoms. The van der Waals surface area contributed by atoms with Crippen LogP contribution in [0.1, 0.15) is 33.6 Å². The monoisotopic (exact) mass is 290 g/mol. The molecule has 114 valence electrons. The molecule has 0 unspecified atom stereocenters. The van der Waals surface area contributed by atoms with Gasteiger partial charge in [-0.25, -0.2) is 4.79 Å². The Morgan fingerprint density at radius 1 is 1.52 bits per heavy atom. The summed E-state index contributed by atoms with van der Waals surface area (Å²) in [5, 5.41) is 0. The third-order valence-corrected chi connectivity index (χ3v) is 5.51. The summed E-state index contributed by atoms with van der Waals surface area (Å²) < 4.78 is 11.0. The van der Waals surface area contributed by atoms with E-state index >= 15 is 0 Å². The van der Waals surface area contributed by atoms with Crippen molar-refractivity contribution in [3.8, 4) is 0 Å². The molecule has 1 saturated carbocycles. The van der Waals surface area contributed by atoms with E-state index in [-0.39, 0.29) is 47.3 Å². The lowest BCUT2D eigenvalue weighted by Crippen LogP contribution is -2.51. The van der Waals surface area contributed by atoms with E-state index in [0.29, 0.717) is 5.57 Å². The molecule has 6 atom stereocenters. The molecule has 3 rings (SSSR count). The van der Waals surface area contributed by atoms with Crippen LogP contribution in [0, 0.1) is 23.2 Å². The lowest BCUT2D eigenvalue weighted by atomic mass is 9.55. The topological polar surface area (TPSA) is 52.6 Å². The molecule has 0 amide bonds. The van der Waals surface area contributed by atoms with Crippen LogP contribution in [0.3, 0.4) is 0 Å². The molecule has 0 N–H and O–H groups in total. The molecule has 0 aromatic carbocycles. The van der Waals surface area contributed by atoms with Crippen LogP contribution in [0.5, 0.6) is 0 Å². The lowest BCUT2D eigenvalue weighted by Gasteiger charge is -2.51. The summed E-state index contributed by atoms with van der Waals surface area (Å²) in [6.45, 7) is 9.61. The molecule has 3 aliphatic rings. The van der Waals surface area contributed by atoms with Crippen molar-refractivity contribution in [2.75, 3.05) is 0 Å². The summed E-state index contributed by atoms with van der Waals surface area (Å²) in [5.41, 5.74) is 0.593. The van der Waals surface area contributed by atoms with Gasteiger partial charge in [0, 0.05) is 30.3 Å². The van der Waals surface area contributed by atoms with E-state index in [1.807, 2.05) is 6.08 Å². The van der Waals surface area contributed by atoms with E-state index in [4.69, 9.17) is 9.47 Å². The number of esters is 2. The molecule has 4 nitrogen and oxygen atoms in total. The quantitative estimate of drug-likeness (QED) is 0.423. The number of carbonyl (C=O) groups excluding carboxylic acids is 2. The first-order valence-electron chi connectivity index (χ1n) is 7.60. The number of hydrogen-bond donors (Lipinski definition) is 0. The number of hydrogen-bond acceptors (Lipinski definition) is 4. The Bertz CT molecular complexity index is 535. The van der Waals surface area contributed by atoms with Gasteiger partial charge < -0.3 is 9.47 Å². The third-order valence-electron chi connectivity index (χ3n) is 5.51. The lowest BCUT2D eigenvalue weighted by molar-refractivity contribution is -0.158. The largest absolute Gasteiger partial charge is 0.458 e. The number of rotatable bonds is 1. The minimum Gasteiger partial charge on any atom is -0.458 e. The van der Waals surface area contributed by atoms with E-state index in [0.717, 1.165) is 12.8 Å². The van der Waals surface area contributed by atoms with Gasteiger partial charge in [-0.1, -0.05) is 26.5 Å². The average Bonchev–Trinajstić information content (AvgIpc) is 2.68. The Kier molecular flexibility index (Phi) is 3.23. The molecule has 0 radical (unpaired) electrons. The molecule has 1 heterocycles. The van der Waals surface area contributed by atoms with Gasteiger partial charge in [0.05, 0.1) is 0 Å². The standard InChI is InChI=1S/C17H22O4/c1-9-12-5-7-17(4)8-6-13(20-11(3)18)10(2)14(17)15(12)21-16(9)19/h6,8,10,12-15H,1,5,7H2,2-4H3/t10-,12+,13+,14-,15+,17+/m1/s1. The molecule has 4 heteroatoms. The Hall–Kier alpha value is -1.58. The Labute approximate surface area is 125 Å². The van der Waals surface area contributed by atoms with Crippen LogP contribution in [-0.4, -0.2) is 24.1 Å². The summed E-state index contributed by atoms with van der Waals surface area (Å²) in [5.74, 6) is -0.146. The van der Waals surface area contributed by atoms with Crippen LogP contribution in [0.4, 0.5) is 0 Å². The maximum atomic E-state index is 11.9. The number of carbonyl (C=O) groups is 2. The molecule has 0 bridgehead atoms. The summed E-state index contributed by atoms with van der Waals surface area (Å²) >= 11 is 0. The smallest absolute Gasteiger partial charge is 0.334 e. The maximum Gasteiger partial charge on any atom is 0.334 e. The highest BCUT2D eigenvalue weighted by Crippen LogP contribution is 2.55. The van der Waals surface area contributed by atoms with Gasteiger partial charge in [-0.3, -0.25) is 4.79 Å². The van der Waals surface area contributed by atoms with Crippen LogP contribution < -0.4 is 0 Å². The van der Waals surface area contributed by atoms with Gasteiger partial charge in [-0.05, 0) is 24.3 Å². The Morgan fingerprint density at radius 2 is 2.24 bits per heavy atom. The van der Waals surface area contributed by atoms with Crippen molar-refractivity contribution in [2.45, 2.75) is 45.8 Å². The second kappa shape index (κ2) is 4.72. The van der Waals surface area contributed by atoms with Crippen molar-refractivity contribution in [3.05, 3.63) is 24.3 Å². The van der Waals surface area contributed by atoms with Crippen molar-refractivity contribution in [1.82, 2.24) is 0 Å². The molecule has 0 aromatic heterocycles. The van der Waals surface area contributed by atoms with Gasteiger partial charge in [0.25, 0.3) is 0 Å². The summed E-state index contributed by atoms with van der Waals surface area (Å²) in [6.07, 6.45) is 5.69. The number of allylic oxidation sites excluding steroid dienone is 1. The molecule has 1 saturated heterocycles. The van der Waals surface area contributed by atoms with Crippen LogP contribution in [-0.2, 0) is 19.1 Å². The van der Waals surface area contributed by atoms with Gasteiger partial charge in [-0.15, -0.1) is 0 Å². The minimum atomic E-state index is -0.278. The molecule has 0 aromatic rings. The van der Waals surface area contributed by atoms with E-state index < -0.39 is 0 Å². The number of fused-ring (bicyclic) bond motifs is 3. The molecule has 2 aliphatic carbocycles. The van der Waals surface area contributed by atoms with Crippen molar-refractivity contribution in [1.29, 1.82) is 0 Å². The van der Waals surface area contributed by atoms with Crippen LogP contribution >= 0.6 is 0 Å². The fourth-order valence-electron chi connectivity index (χ4n) is 4.43. The van der Waals surface area contributed by atoms with Crippen molar-refractivity contribution in [3.63, 3.8) is 0 Å². The van der Waals surface area contributed by atoms with E-state index in [9.17, 15) is 9.59 Å². The van der Waals surface area contributed by atoms with Gasteiger partial charge in [0.15, 0.2) is 0 Å². The van der Waals surface area contributed by atoms with Gasteiger partial charge in [0.2, 0.25) is 0 Å². The van der Waals surface area contributed by atoms with Crippen molar-refractivity contribution < 1.29 is 19.1 Å². The summed E-state index contributed by atoms with van der Waals surface area (Å²) in [6, 6.07) is 0. The highest BCUT2D eigenvalue weighted by molar-refractivity contribution is 5.90. The molecule has 1 aliphatic heterocycles. The first-order valence-corrected chi connectivity index (χ1v) is 7.60. The third kappa shape index (κ3) is 2.12. The zero-order chi connectivity index (χ0) is 15.4. The zero-order valence-corrected chi connectivity index (χ0v) is 12.8. The first-order chi connectivity index (χ1) is 9.83. The van der Waals surface area contributed by atoms with Crippen LogP contribution in [0.25, 0.3) is 0 Å². The SMILES string of the molecule is C=C1C(=O)O[C@@H]2[C@H]3[C@H](C)[C@@H](OC(C)=O)C=C[C@]3(C)CC[C@@H]12. The molecule has 21 heavy (non-hydrogen) atoms. The van der Waals surface area contributed by atoms with Gasteiger partial charge in [-0.2, -0.15) is 0 Å². The van der Waals surface area contributed by atoms with Gasteiger partial charge >= 0.3 is 11.9 Å². The van der Waals surface area contributed by atoms with E-state index in [1.54, 1.807) is 0 Å². The maximum absolute atomic E-state index is 11.9. The highest BCUT2D eigenvalue weighted by atomic mass is 16.6. The van der Waals surface area contributed by atoms with Crippen LogP contribution in [0.2, 0.25) is 0 Å². The summed E-state index contributed by atoms with van der Waals surface area (Å²) in [4.78, 5) is 23.1. The normalized spacial score (nSPS) is 44.8. The molecule has 2 fully saturated rings. The average molecular weight is 290 g/mol. The van der Waals surface area contributed by atoms with Crippen molar-refractivity contribution >= 4 is 11.9 Å². The Balaban J connectivity index is 1.94. The fraction of sp³-hybridized carbons (Fsp3) is 0.647. The number of ether oxygens (including phenoxy) is 2. The second-order valence-corrected chi connectivity index (χ2v) is 6.86. The van der Waals surface area contributed by atoms with Gasteiger partial charge in [0.1, 0.15) is 12.2 Å². The van der Waals surface area contributed by atoms with E-state index in [2.05, 4.69) is 26.5 Å². The minimum absolute atomic E-state index is 0.0118. The molecular weight excluding hydrogens is 268 g/mol. The first kappa shape index (κ1) is 14.4. The summed E-state index contributed by atoms with van der Waals surface area (Å²) in [7, 11) is 0. The Morgan fingerprint density at radius 3 is 2.90 bits per heavy atom. The van der Waals surface area contributed by atoms with E-state index in [1.165, 1.54) is 6.92 Å². The predicted molar refractivity (Wildman–Crippen MR) is 77.2 cm³/mol. The highest BCUT2D eigenvalue weighted by Gasteiger charge is 2.56. The zero-order valence-electron chi connectivity index (χ0n) is 12.8.